The van der Waals surface area contributed by atoms with Crippen molar-refractivity contribution in [3.63, 3.8) is 0 Å². The monoisotopic (exact) mass is 348 g/mol. The van der Waals surface area contributed by atoms with E-state index in [1.165, 1.54) is 18.2 Å². The Kier molecular flexibility index (Phi) is 2.94. The van der Waals surface area contributed by atoms with Crippen molar-refractivity contribution in [1.29, 1.82) is 0 Å². The summed E-state index contributed by atoms with van der Waals surface area (Å²) in [5.74, 6) is 0.0891. The summed E-state index contributed by atoms with van der Waals surface area (Å²) in [5.41, 5.74) is -0.582. The number of non-ortho nitro benzene ring substituents is 1. The van der Waals surface area contributed by atoms with E-state index in [0.717, 1.165) is 0 Å². The van der Waals surface area contributed by atoms with Gasteiger partial charge >= 0.3 is 0 Å². The Balaban J connectivity index is 2.44. The van der Waals surface area contributed by atoms with Crippen molar-refractivity contribution in [3.05, 3.63) is 28.3 Å². The van der Waals surface area contributed by atoms with E-state index < -0.39 is 10.5 Å². The second-order valence-corrected chi connectivity index (χ2v) is 4.62. The lowest BCUT2D eigenvalue weighted by Crippen LogP contribution is -2.49. The molecule has 0 saturated heterocycles. The SMILES string of the molecule is CC1(CI)Oc2cc([N+](=O)[O-])ccc2NC1=O. The van der Waals surface area contributed by atoms with Gasteiger partial charge in [0, 0.05) is 10.5 Å². The van der Waals surface area contributed by atoms with Crippen LogP contribution >= 0.6 is 22.6 Å². The van der Waals surface area contributed by atoms with Gasteiger partial charge in [-0.25, -0.2) is 0 Å². The average molecular weight is 348 g/mol. The summed E-state index contributed by atoms with van der Waals surface area (Å²) in [6.07, 6.45) is 0. The Morgan fingerprint density at radius 1 is 1.59 bits per heavy atom. The van der Waals surface area contributed by atoms with Gasteiger partial charge in [-0.1, -0.05) is 22.6 Å². The second-order valence-electron chi connectivity index (χ2n) is 3.86. The third-order valence-electron chi connectivity index (χ3n) is 2.49. The highest BCUT2D eigenvalue weighted by Gasteiger charge is 2.39. The molecular weight excluding hydrogens is 339 g/mol. The van der Waals surface area contributed by atoms with E-state index >= 15 is 0 Å². The number of fused-ring (bicyclic) bond motifs is 1. The van der Waals surface area contributed by atoms with Gasteiger partial charge in [0.15, 0.2) is 11.4 Å². The van der Waals surface area contributed by atoms with Gasteiger partial charge in [-0.3, -0.25) is 14.9 Å². The summed E-state index contributed by atoms with van der Waals surface area (Å²) < 4.78 is 6.00. The molecule has 6 nitrogen and oxygen atoms in total. The van der Waals surface area contributed by atoms with Crippen molar-refractivity contribution >= 4 is 39.9 Å². The second kappa shape index (κ2) is 4.13. The maximum absolute atomic E-state index is 11.8. The summed E-state index contributed by atoms with van der Waals surface area (Å²) in [6.45, 7) is 1.65. The third-order valence-corrected chi connectivity index (χ3v) is 3.95. The number of nitro groups is 1. The predicted molar refractivity (Wildman–Crippen MR) is 69.6 cm³/mol. The number of alkyl halides is 1. The van der Waals surface area contributed by atoms with Crippen molar-refractivity contribution in [3.8, 4) is 5.75 Å². The van der Waals surface area contributed by atoms with Crippen LogP contribution in [0.2, 0.25) is 0 Å². The molecule has 1 aromatic rings. The topological polar surface area (TPSA) is 81.5 Å². The van der Waals surface area contributed by atoms with Gasteiger partial charge in [0.25, 0.3) is 11.6 Å². The maximum Gasteiger partial charge on any atom is 0.273 e. The van der Waals surface area contributed by atoms with Gasteiger partial charge in [-0.15, -0.1) is 0 Å². The zero-order valence-corrected chi connectivity index (χ0v) is 11.1. The van der Waals surface area contributed by atoms with E-state index in [-0.39, 0.29) is 11.6 Å². The molecule has 0 aromatic heterocycles. The molecule has 1 aromatic carbocycles. The number of hydrogen-bond donors (Lipinski definition) is 1. The Bertz CT molecular complexity index is 505. The predicted octanol–water partition coefficient (Wildman–Crippen LogP) is 2.12. The molecule has 17 heavy (non-hydrogen) atoms. The molecule has 1 heterocycles. The maximum atomic E-state index is 11.8. The van der Waals surface area contributed by atoms with Gasteiger partial charge in [0.2, 0.25) is 0 Å². The molecule has 1 N–H and O–H groups in total. The van der Waals surface area contributed by atoms with Crippen molar-refractivity contribution in [2.45, 2.75) is 12.5 Å². The highest BCUT2D eigenvalue weighted by Crippen LogP contribution is 2.36. The minimum atomic E-state index is -0.983. The number of nitro benzene ring substituents is 1. The standard InChI is InChI=1S/C10H9IN2O4/c1-10(5-11)9(14)12-7-3-2-6(13(15)16)4-8(7)17-10/h2-4H,5H2,1H3,(H,12,14). The van der Waals surface area contributed by atoms with E-state index in [1.807, 2.05) is 22.6 Å². The van der Waals surface area contributed by atoms with E-state index in [0.29, 0.717) is 15.9 Å². The first-order valence-electron chi connectivity index (χ1n) is 4.81. The number of nitrogens with one attached hydrogen (secondary N) is 1. The molecule has 1 atom stereocenters. The van der Waals surface area contributed by atoms with Crippen molar-refractivity contribution in [1.82, 2.24) is 0 Å². The number of hydrogen-bond acceptors (Lipinski definition) is 4. The van der Waals surface area contributed by atoms with Crippen LogP contribution in [0, 0.1) is 10.1 Å². The van der Waals surface area contributed by atoms with Gasteiger partial charge in [-0.2, -0.15) is 0 Å². The Labute approximate surface area is 111 Å². The largest absolute Gasteiger partial charge is 0.474 e. The molecule has 0 fully saturated rings. The Morgan fingerprint density at radius 3 is 2.88 bits per heavy atom. The van der Waals surface area contributed by atoms with Gasteiger partial charge in [0.1, 0.15) is 0 Å². The molecule has 2 rings (SSSR count). The van der Waals surface area contributed by atoms with Crippen LogP contribution in [0.15, 0.2) is 18.2 Å². The number of carbonyl (C=O) groups excluding carboxylic acids is 1. The summed E-state index contributed by atoms with van der Waals surface area (Å²) >= 11 is 2.04. The molecule has 1 aliphatic heterocycles. The normalized spacial score (nSPS) is 22.4. The van der Waals surface area contributed by atoms with Crippen LogP contribution in [0.1, 0.15) is 6.92 Å². The molecule has 0 saturated carbocycles. The highest BCUT2D eigenvalue weighted by atomic mass is 127. The molecule has 7 heteroatoms. The van der Waals surface area contributed by atoms with Gasteiger partial charge in [0.05, 0.1) is 16.7 Å². The molecule has 1 unspecified atom stereocenters. The number of rotatable bonds is 2. The van der Waals surface area contributed by atoms with Crippen LogP contribution in [-0.4, -0.2) is 20.9 Å². The quantitative estimate of drug-likeness (QED) is 0.384. The summed E-state index contributed by atoms with van der Waals surface area (Å²) in [4.78, 5) is 21.9. The number of ether oxygens (including phenoxy) is 1. The molecule has 0 radical (unpaired) electrons. The lowest BCUT2D eigenvalue weighted by molar-refractivity contribution is -0.384. The van der Waals surface area contributed by atoms with Gasteiger partial charge < -0.3 is 10.1 Å². The summed E-state index contributed by atoms with van der Waals surface area (Å²) in [6, 6.07) is 4.12. The number of benzene rings is 1. The van der Waals surface area contributed by atoms with Crippen molar-refractivity contribution in [2.24, 2.45) is 0 Å². The first-order chi connectivity index (χ1) is 7.96. The molecule has 0 aliphatic carbocycles. The van der Waals surface area contributed by atoms with E-state index in [2.05, 4.69) is 5.32 Å². The van der Waals surface area contributed by atoms with E-state index in [4.69, 9.17) is 4.74 Å². The first-order valence-corrected chi connectivity index (χ1v) is 6.34. The first kappa shape index (κ1) is 12.1. The van der Waals surface area contributed by atoms with Crippen LogP contribution in [0.25, 0.3) is 0 Å². The molecule has 1 aliphatic rings. The zero-order valence-electron chi connectivity index (χ0n) is 8.90. The van der Waals surface area contributed by atoms with Crippen LogP contribution in [0.5, 0.6) is 5.75 Å². The Morgan fingerprint density at radius 2 is 2.29 bits per heavy atom. The van der Waals surface area contributed by atoms with Crippen molar-refractivity contribution < 1.29 is 14.5 Å². The molecule has 1 amide bonds. The smallest absolute Gasteiger partial charge is 0.273 e. The number of halogens is 1. The van der Waals surface area contributed by atoms with Crippen LogP contribution < -0.4 is 10.1 Å². The summed E-state index contributed by atoms with van der Waals surface area (Å²) in [7, 11) is 0. The molecule has 0 spiro atoms. The number of carbonyl (C=O) groups is 1. The minimum Gasteiger partial charge on any atom is -0.474 e. The molecule has 90 valence electrons. The van der Waals surface area contributed by atoms with Crippen LogP contribution in [-0.2, 0) is 4.79 Å². The number of anilines is 1. The molecular formula is C10H9IN2O4. The number of amides is 1. The Hall–Kier alpha value is -1.38. The van der Waals surface area contributed by atoms with Crippen molar-refractivity contribution in [2.75, 3.05) is 9.74 Å². The average Bonchev–Trinajstić information content (AvgIpc) is 2.30. The molecule has 0 bridgehead atoms. The highest BCUT2D eigenvalue weighted by molar-refractivity contribution is 14.1. The fourth-order valence-electron chi connectivity index (χ4n) is 1.44. The fraction of sp³-hybridized carbons (Fsp3) is 0.300. The van der Waals surface area contributed by atoms with Gasteiger partial charge in [-0.05, 0) is 13.0 Å². The van der Waals surface area contributed by atoms with E-state index in [9.17, 15) is 14.9 Å². The summed E-state index contributed by atoms with van der Waals surface area (Å²) in [5, 5.41) is 13.3. The van der Waals surface area contributed by atoms with Crippen LogP contribution in [0.4, 0.5) is 11.4 Å². The lowest BCUT2D eigenvalue weighted by atomic mass is 10.1. The lowest BCUT2D eigenvalue weighted by Gasteiger charge is -2.32. The van der Waals surface area contributed by atoms with Crippen LogP contribution in [0.3, 0.4) is 0 Å². The zero-order chi connectivity index (χ0) is 12.6. The number of nitrogens with zero attached hydrogens (tertiary/aromatic N) is 1. The third kappa shape index (κ3) is 2.06. The minimum absolute atomic E-state index is 0.0595. The fourth-order valence-corrected chi connectivity index (χ4v) is 1.95. The van der Waals surface area contributed by atoms with E-state index in [1.54, 1.807) is 6.92 Å².